The number of aromatic nitrogens is 2. The van der Waals surface area contributed by atoms with Crippen molar-refractivity contribution < 1.29 is 4.79 Å². The van der Waals surface area contributed by atoms with Crippen molar-refractivity contribution in [1.29, 1.82) is 0 Å². The van der Waals surface area contributed by atoms with Crippen LogP contribution in [0.3, 0.4) is 0 Å². The normalized spacial score (nSPS) is 12.3. The molecule has 0 aliphatic carbocycles. The van der Waals surface area contributed by atoms with Crippen LogP contribution in [0.4, 0.5) is 5.82 Å². The highest BCUT2D eigenvalue weighted by atomic mass is 16.2. The number of nitrogens with one attached hydrogen (secondary N) is 2. The Kier molecular flexibility index (Phi) is 4.47. The van der Waals surface area contributed by atoms with E-state index in [1.807, 2.05) is 13.8 Å². The first kappa shape index (κ1) is 14.2. The van der Waals surface area contributed by atoms with Crippen molar-refractivity contribution >= 4 is 11.7 Å². The number of carbonyl (C=O) groups is 1. The van der Waals surface area contributed by atoms with Crippen molar-refractivity contribution in [2.45, 2.75) is 32.7 Å². The number of anilines is 1. The van der Waals surface area contributed by atoms with Crippen LogP contribution in [0.15, 0.2) is 10.9 Å². The van der Waals surface area contributed by atoms with Gasteiger partial charge in [0.05, 0.1) is 0 Å². The predicted octanol–water partition coefficient (Wildman–Crippen LogP) is 0.782. The standard InChI is InChI=1S/C12H20N4O2/c1-7(2)11-14-9(6-10(17)15-11)13-8(3)12(18)16(4)5/h6-8H,1-5H3,(H2,13,14,15,17). The Bertz CT molecular complexity index is 479. The number of amides is 1. The van der Waals surface area contributed by atoms with Gasteiger partial charge in [0, 0.05) is 26.1 Å². The van der Waals surface area contributed by atoms with Crippen LogP contribution < -0.4 is 10.9 Å². The molecule has 0 aliphatic heterocycles. The van der Waals surface area contributed by atoms with Gasteiger partial charge in [0.25, 0.3) is 5.56 Å². The number of likely N-dealkylation sites (N-methyl/N-ethyl adjacent to an activating group) is 1. The zero-order valence-corrected chi connectivity index (χ0v) is 11.4. The van der Waals surface area contributed by atoms with E-state index in [2.05, 4.69) is 15.3 Å². The van der Waals surface area contributed by atoms with Gasteiger partial charge in [0.1, 0.15) is 17.7 Å². The molecule has 0 bridgehead atoms. The lowest BCUT2D eigenvalue weighted by atomic mass is 10.2. The van der Waals surface area contributed by atoms with E-state index in [0.29, 0.717) is 11.6 Å². The molecule has 1 heterocycles. The molecular formula is C12H20N4O2. The zero-order valence-electron chi connectivity index (χ0n) is 11.4. The van der Waals surface area contributed by atoms with Crippen LogP contribution in [0, 0.1) is 0 Å². The number of H-pyrrole nitrogens is 1. The van der Waals surface area contributed by atoms with Gasteiger partial charge in [-0.25, -0.2) is 4.98 Å². The lowest BCUT2D eigenvalue weighted by molar-refractivity contribution is -0.129. The van der Waals surface area contributed by atoms with Gasteiger partial charge in [-0.05, 0) is 6.92 Å². The Morgan fingerprint density at radius 1 is 1.39 bits per heavy atom. The van der Waals surface area contributed by atoms with Crippen LogP contribution in [0.2, 0.25) is 0 Å². The molecule has 0 radical (unpaired) electrons. The molecule has 0 saturated heterocycles. The van der Waals surface area contributed by atoms with E-state index in [9.17, 15) is 9.59 Å². The van der Waals surface area contributed by atoms with Crippen molar-refractivity contribution in [3.05, 3.63) is 22.2 Å². The molecular weight excluding hydrogens is 232 g/mol. The summed E-state index contributed by atoms with van der Waals surface area (Å²) >= 11 is 0. The minimum absolute atomic E-state index is 0.0665. The SMILES string of the molecule is CC(Nc1cc(=O)[nH]c(C(C)C)n1)C(=O)N(C)C. The molecule has 2 N–H and O–H groups in total. The molecule has 1 atom stereocenters. The molecule has 1 rings (SSSR count). The molecule has 1 unspecified atom stereocenters. The molecule has 1 amide bonds. The quantitative estimate of drug-likeness (QED) is 0.830. The molecule has 0 fully saturated rings. The van der Waals surface area contributed by atoms with Gasteiger partial charge in [0.15, 0.2) is 0 Å². The van der Waals surface area contributed by atoms with Crippen LogP contribution in [-0.2, 0) is 4.79 Å². The van der Waals surface area contributed by atoms with E-state index >= 15 is 0 Å². The Morgan fingerprint density at radius 2 is 2.00 bits per heavy atom. The first-order chi connectivity index (χ1) is 8.31. The number of hydrogen-bond donors (Lipinski definition) is 2. The van der Waals surface area contributed by atoms with Crippen molar-refractivity contribution in [3.63, 3.8) is 0 Å². The fraction of sp³-hybridized carbons (Fsp3) is 0.583. The van der Waals surface area contributed by atoms with Gasteiger partial charge in [-0.1, -0.05) is 13.8 Å². The van der Waals surface area contributed by atoms with Crippen LogP contribution in [0.1, 0.15) is 32.5 Å². The minimum Gasteiger partial charge on any atom is -0.358 e. The predicted molar refractivity (Wildman–Crippen MR) is 70.7 cm³/mol. The summed E-state index contributed by atoms with van der Waals surface area (Å²) in [5.74, 6) is 1.09. The lowest BCUT2D eigenvalue weighted by Crippen LogP contribution is -2.37. The van der Waals surface area contributed by atoms with E-state index < -0.39 is 6.04 Å². The summed E-state index contributed by atoms with van der Waals surface area (Å²) in [5, 5.41) is 2.94. The van der Waals surface area contributed by atoms with Crippen LogP contribution in [-0.4, -0.2) is 40.9 Å². The third-order valence-corrected chi connectivity index (χ3v) is 2.48. The molecule has 6 heteroatoms. The summed E-state index contributed by atoms with van der Waals surface area (Å²) in [7, 11) is 3.37. The molecule has 0 spiro atoms. The monoisotopic (exact) mass is 252 g/mol. The highest BCUT2D eigenvalue weighted by Crippen LogP contribution is 2.10. The van der Waals surface area contributed by atoms with Crippen molar-refractivity contribution in [2.75, 3.05) is 19.4 Å². The van der Waals surface area contributed by atoms with Gasteiger partial charge in [0.2, 0.25) is 5.91 Å². The van der Waals surface area contributed by atoms with Gasteiger partial charge in [-0.15, -0.1) is 0 Å². The van der Waals surface area contributed by atoms with E-state index in [1.165, 1.54) is 11.0 Å². The summed E-state index contributed by atoms with van der Waals surface area (Å²) in [4.78, 5) is 31.6. The third kappa shape index (κ3) is 3.58. The fourth-order valence-corrected chi connectivity index (χ4v) is 1.49. The van der Waals surface area contributed by atoms with E-state index in [1.54, 1.807) is 21.0 Å². The third-order valence-electron chi connectivity index (χ3n) is 2.48. The fourth-order valence-electron chi connectivity index (χ4n) is 1.49. The summed E-state index contributed by atoms with van der Waals surface area (Å²) in [6, 6.07) is 0.931. The molecule has 1 aromatic rings. The van der Waals surface area contributed by atoms with Crippen molar-refractivity contribution in [3.8, 4) is 0 Å². The van der Waals surface area contributed by atoms with Gasteiger partial charge >= 0.3 is 0 Å². The Morgan fingerprint density at radius 3 is 2.50 bits per heavy atom. The van der Waals surface area contributed by atoms with E-state index in [-0.39, 0.29) is 17.4 Å². The second kappa shape index (κ2) is 5.66. The molecule has 100 valence electrons. The average Bonchev–Trinajstić information content (AvgIpc) is 2.26. The maximum atomic E-state index is 11.7. The highest BCUT2D eigenvalue weighted by molar-refractivity contribution is 5.83. The molecule has 0 saturated carbocycles. The first-order valence-electron chi connectivity index (χ1n) is 5.90. The first-order valence-corrected chi connectivity index (χ1v) is 5.90. The maximum absolute atomic E-state index is 11.7. The van der Waals surface area contributed by atoms with Gasteiger partial charge in [-0.2, -0.15) is 0 Å². The summed E-state index contributed by atoms with van der Waals surface area (Å²) in [6.07, 6.45) is 0. The van der Waals surface area contributed by atoms with Gasteiger partial charge < -0.3 is 15.2 Å². The molecule has 0 aromatic carbocycles. The van der Waals surface area contributed by atoms with E-state index in [0.717, 1.165) is 0 Å². The maximum Gasteiger partial charge on any atom is 0.252 e. The summed E-state index contributed by atoms with van der Waals surface area (Å²) in [6.45, 7) is 5.62. The zero-order chi connectivity index (χ0) is 13.9. The second-order valence-corrected chi connectivity index (χ2v) is 4.77. The number of rotatable bonds is 4. The number of hydrogen-bond acceptors (Lipinski definition) is 4. The average molecular weight is 252 g/mol. The second-order valence-electron chi connectivity index (χ2n) is 4.77. The smallest absolute Gasteiger partial charge is 0.252 e. The van der Waals surface area contributed by atoms with Crippen LogP contribution in [0.25, 0.3) is 0 Å². The van der Waals surface area contributed by atoms with E-state index in [4.69, 9.17) is 0 Å². The molecule has 0 aliphatic rings. The minimum atomic E-state index is -0.422. The summed E-state index contributed by atoms with van der Waals surface area (Å²) < 4.78 is 0. The summed E-state index contributed by atoms with van der Waals surface area (Å²) in [5.41, 5.74) is -0.222. The van der Waals surface area contributed by atoms with Crippen LogP contribution >= 0.6 is 0 Å². The Balaban J connectivity index is 2.91. The number of nitrogens with zero attached hydrogens (tertiary/aromatic N) is 2. The molecule has 6 nitrogen and oxygen atoms in total. The molecule has 18 heavy (non-hydrogen) atoms. The topological polar surface area (TPSA) is 78.1 Å². The number of aromatic amines is 1. The Labute approximate surface area is 106 Å². The number of carbonyl (C=O) groups excluding carboxylic acids is 1. The Hall–Kier alpha value is -1.85. The lowest BCUT2D eigenvalue weighted by Gasteiger charge is -2.18. The largest absolute Gasteiger partial charge is 0.358 e. The van der Waals surface area contributed by atoms with Crippen LogP contribution in [0.5, 0.6) is 0 Å². The van der Waals surface area contributed by atoms with Gasteiger partial charge in [-0.3, -0.25) is 9.59 Å². The van der Waals surface area contributed by atoms with Crippen molar-refractivity contribution in [1.82, 2.24) is 14.9 Å². The highest BCUT2D eigenvalue weighted by Gasteiger charge is 2.15. The van der Waals surface area contributed by atoms with Crippen molar-refractivity contribution in [2.24, 2.45) is 0 Å². The molecule has 1 aromatic heterocycles.